The predicted molar refractivity (Wildman–Crippen MR) is 243 cm³/mol. The zero-order valence-electron chi connectivity index (χ0n) is 38.8. The fraction of sp³-hybridized carbons (Fsp3) is 0.762. The molecule has 0 aliphatic heterocycles. The van der Waals surface area contributed by atoms with Crippen molar-refractivity contribution >= 4 is 59.1 Å². The Morgan fingerprint density at radius 1 is 0.556 bits per heavy atom. The summed E-state index contributed by atoms with van der Waals surface area (Å²) in [6.07, 6.45) is 6.30. The van der Waals surface area contributed by atoms with Gasteiger partial charge in [0.05, 0.1) is 18.5 Å². The van der Waals surface area contributed by atoms with E-state index in [1.807, 2.05) is 20.8 Å². The first kappa shape index (κ1) is 57.5. The summed E-state index contributed by atoms with van der Waals surface area (Å²) in [7, 11) is 0. The molecular formula is C42H79N13O8. The van der Waals surface area contributed by atoms with Crippen molar-refractivity contribution in [1.82, 2.24) is 31.9 Å². The topological polar surface area (TPSA) is 364 Å². The average molecular weight is 894 g/mol. The van der Waals surface area contributed by atoms with Gasteiger partial charge < -0.3 is 60.6 Å². The van der Waals surface area contributed by atoms with Gasteiger partial charge in [-0.25, -0.2) is 0 Å². The van der Waals surface area contributed by atoms with Gasteiger partial charge in [0.25, 0.3) is 0 Å². The van der Waals surface area contributed by atoms with Crippen LogP contribution in [0.4, 0.5) is 0 Å². The lowest BCUT2D eigenvalue weighted by Crippen LogP contribution is -2.61. The minimum absolute atomic E-state index is 0.0119. The van der Waals surface area contributed by atoms with Crippen LogP contribution in [0.25, 0.3) is 0 Å². The molecule has 0 aromatic heterocycles. The number of hydrogen-bond donors (Lipinski definition) is 11. The van der Waals surface area contributed by atoms with Crippen LogP contribution in [0, 0.1) is 23.7 Å². The van der Waals surface area contributed by atoms with Crippen molar-refractivity contribution in [3.05, 3.63) is 0 Å². The number of hydrogen-bond acceptors (Lipinski definition) is 10. The van der Waals surface area contributed by atoms with Crippen molar-refractivity contribution in [2.24, 2.45) is 62.3 Å². The van der Waals surface area contributed by atoms with Crippen molar-refractivity contribution in [2.75, 3.05) is 19.6 Å². The Kier molecular flexibility index (Phi) is 28.6. The molecule has 360 valence electrons. The molecule has 0 fully saturated rings. The molecule has 21 nitrogen and oxygen atoms in total. The fourth-order valence-electron chi connectivity index (χ4n) is 6.47. The van der Waals surface area contributed by atoms with E-state index in [9.17, 15) is 38.4 Å². The summed E-state index contributed by atoms with van der Waals surface area (Å²) < 4.78 is 0. The largest absolute Gasteiger partial charge is 0.370 e. The van der Waals surface area contributed by atoms with Gasteiger partial charge >= 0.3 is 0 Å². The molecule has 0 saturated carbocycles. The summed E-state index contributed by atoms with van der Waals surface area (Å²) in [5, 5.41) is 16.0. The first-order chi connectivity index (χ1) is 29.5. The third-order valence-corrected chi connectivity index (χ3v) is 10.3. The van der Waals surface area contributed by atoms with E-state index in [2.05, 4.69) is 48.8 Å². The number of Topliss-reactive ketones (excluding diaryl/α,β-unsaturated/α-hetero) is 1. The number of primary amides is 1. The Hall–Kier alpha value is -5.50. The van der Waals surface area contributed by atoms with Crippen molar-refractivity contribution in [3.63, 3.8) is 0 Å². The zero-order valence-corrected chi connectivity index (χ0v) is 38.8. The van der Waals surface area contributed by atoms with Crippen LogP contribution in [-0.2, 0) is 38.4 Å². The second-order valence-corrected chi connectivity index (χ2v) is 16.8. The Balaban J connectivity index is 6.08. The number of carbonyl (C=O) groups is 8. The van der Waals surface area contributed by atoms with Crippen molar-refractivity contribution in [2.45, 2.75) is 163 Å². The molecule has 7 amide bonds. The summed E-state index contributed by atoms with van der Waals surface area (Å²) in [4.78, 5) is 114. The highest BCUT2D eigenvalue weighted by atomic mass is 16.2. The minimum atomic E-state index is -1.29. The van der Waals surface area contributed by atoms with Gasteiger partial charge in [-0.05, 0) is 63.2 Å². The van der Waals surface area contributed by atoms with Crippen LogP contribution >= 0.6 is 0 Å². The Morgan fingerprint density at radius 2 is 1.10 bits per heavy atom. The molecule has 0 aromatic rings. The molecule has 16 N–H and O–H groups in total. The van der Waals surface area contributed by atoms with Crippen LogP contribution in [0.1, 0.15) is 132 Å². The van der Waals surface area contributed by atoms with Crippen LogP contribution in [0.2, 0.25) is 0 Å². The van der Waals surface area contributed by atoms with Crippen molar-refractivity contribution in [1.29, 1.82) is 0 Å². The van der Waals surface area contributed by atoms with Crippen LogP contribution < -0.4 is 60.6 Å². The van der Waals surface area contributed by atoms with E-state index >= 15 is 0 Å². The highest BCUT2D eigenvalue weighted by Crippen LogP contribution is 2.16. The number of carbonyl (C=O) groups excluding carboxylic acids is 8. The van der Waals surface area contributed by atoms with Crippen LogP contribution in [-0.4, -0.2) is 109 Å². The number of aliphatic imine (C=N–C) groups is 2. The number of guanidine groups is 2. The number of ketones is 1. The summed E-state index contributed by atoms with van der Waals surface area (Å²) in [6.45, 7) is 14.1. The van der Waals surface area contributed by atoms with Crippen molar-refractivity contribution in [3.8, 4) is 0 Å². The van der Waals surface area contributed by atoms with E-state index in [0.717, 1.165) is 32.1 Å². The molecule has 0 spiro atoms. The van der Waals surface area contributed by atoms with E-state index in [1.54, 1.807) is 20.8 Å². The van der Waals surface area contributed by atoms with Gasteiger partial charge in [-0.15, -0.1) is 0 Å². The molecule has 0 heterocycles. The number of amides is 7. The van der Waals surface area contributed by atoms with E-state index in [0.29, 0.717) is 12.8 Å². The fourth-order valence-corrected chi connectivity index (χ4v) is 6.47. The number of unbranched alkanes of at least 4 members (excludes halogenated alkanes) is 4. The number of nitrogens with two attached hydrogens (primary N) is 5. The van der Waals surface area contributed by atoms with Gasteiger partial charge in [0.15, 0.2) is 17.7 Å². The standard InChI is InChI=1S/C42H79N13O8/c1-9-11-12-13-14-19-31(56)50-23-32(57)51-27(8)37(60)54-33(25(5)6)39(62)55-34(26(7)10-2)40(63)53-30(22-24(3)4)38(61)52-29(18-16-21-49-42(46)47)35(58)28(36(43)59)17-15-20-48-41(44)45/h24-30,33-34H,9-23H2,1-8H3,(H2,43,59)(H,50,56)(H,51,57)(H,52,61)(H,53,63)(H,54,60)(H,55,62)(H4,44,45,48)(H4,46,47,49)/t26-,27-,28-,29-,30-,33-,34-/m0/s1. The molecule has 0 bridgehead atoms. The van der Waals surface area contributed by atoms with E-state index in [-0.39, 0.29) is 75.5 Å². The van der Waals surface area contributed by atoms with Gasteiger partial charge in [0.1, 0.15) is 24.2 Å². The molecule has 63 heavy (non-hydrogen) atoms. The number of nitrogens with zero attached hydrogens (tertiary/aromatic N) is 2. The molecule has 0 aromatic carbocycles. The second-order valence-electron chi connectivity index (χ2n) is 16.8. The van der Waals surface area contributed by atoms with Gasteiger partial charge in [-0.3, -0.25) is 48.3 Å². The maximum absolute atomic E-state index is 14.1. The van der Waals surface area contributed by atoms with Crippen LogP contribution in [0.5, 0.6) is 0 Å². The Bertz CT molecular complexity index is 1550. The lowest BCUT2D eigenvalue weighted by molar-refractivity contribution is -0.138. The first-order valence-electron chi connectivity index (χ1n) is 22.3. The molecule has 0 aliphatic rings. The summed E-state index contributed by atoms with van der Waals surface area (Å²) in [6, 6.07) is -5.73. The molecule has 7 atom stereocenters. The van der Waals surface area contributed by atoms with Gasteiger partial charge in [-0.2, -0.15) is 0 Å². The SMILES string of the molecule is CCCCCCCC(=O)NCC(=O)N[C@@H](C)C(=O)N[C@H](C(=O)N[C@H](C(=O)N[C@@H](CC(C)C)C(=O)N[C@@H](CCCN=C(N)N)C(=O)[C@H](CCCN=C(N)N)C(N)=O)[C@@H](C)CC)C(C)C. The highest BCUT2D eigenvalue weighted by Gasteiger charge is 2.36. The quantitative estimate of drug-likeness (QED) is 0.0171. The average Bonchev–Trinajstić information content (AvgIpc) is 3.20. The predicted octanol–water partition coefficient (Wildman–Crippen LogP) is -0.567. The second kappa shape index (κ2) is 31.4. The molecule has 0 aliphatic carbocycles. The molecular weight excluding hydrogens is 815 g/mol. The first-order valence-corrected chi connectivity index (χ1v) is 22.3. The number of rotatable bonds is 33. The number of nitrogens with one attached hydrogen (secondary N) is 6. The molecule has 0 radical (unpaired) electrons. The lowest BCUT2D eigenvalue weighted by atomic mass is 9.90. The summed E-state index contributed by atoms with van der Waals surface area (Å²) >= 11 is 0. The van der Waals surface area contributed by atoms with E-state index in [1.165, 1.54) is 6.92 Å². The maximum atomic E-state index is 14.1. The van der Waals surface area contributed by atoms with Gasteiger partial charge in [0, 0.05) is 19.5 Å². The minimum Gasteiger partial charge on any atom is -0.370 e. The monoisotopic (exact) mass is 894 g/mol. The van der Waals surface area contributed by atoms with E-state index < -0.39 is 89.2 Å². The molecule has 0 saturated heterocycles. The van der Waals surface area contributed by atoms with Crippen LogP contribution in [0.15, 0.2) is 9.98 Å². The van der Waals surface area contributed by atoms with Crippen LogP contribution in [0.3, 0.4) is 0 Å². The summed E-state index contributed by atoms with van der Waals surface area (Å²) in [5.41, 5.74) is 27.3. The normalized spacial score (nSPS) is 14.4. The highest BCUT2D eigenvalue weighted by molar-refractivity contribution is 6.05. The van der Waals surface area contributed by atoms with Crippen molar-refractivity contribution < 1.29 is 38.4 Å². The Labute approximate surface area is 373 Å². The molecule has 21 heteroatoms. The zero-order chi connectivity index (χ0) is 48.2. The van der Waals surface area contributed by atoms with Gasteiger partial charge in [-0.1, -0.05) is 80.6 Å². The Morgan fingerprint density at radius 3 is 1.62 bits per heavy atom. The molecule has 0 unspecified atom stereocenters. The van der Waals surface area contributed by atoms with E-state index in [4.69, 9.17) is 28.7 Å². The maximum Gasteiger partial charge on any atom is 0.243 e. The van der Waals surface area contributed by atoms with Gasteiger partial charge in [0.2, 0.25) is 41.4 Å². The summed E-state index contributed by atoms with van der Waals surface area (Å²) in [5.74, 6) is -7.72. The third kappa shape index (κ3) is 24.7. The molecule has 0 rings (SSSR count). The third-order valence-electron chi connectivity index (χ3n) is 10.3. The smallest absolute Gasteiger partial charge is 0.243 e. The lowest BCUT2D eigenvalue weighted by Gasteiger charge is -2.30.